The van der Waals surface area contributed by atoms with Crippen molar-refractivity contribution in [2.75, 3.05) is 46.9 Å². The van der Waals surface area contributed by atoms with Gasteiger partial charge in [-0.25, -0.2) is 0 Å². The number of carbonyl (C=O) groups excluding carboxylic acids is 1. The van der Waals surface area contributed by atoms with E-state index in [0.717, 1.165) is 38.3 Å². The summed E-state index contributed by atoms with van der Waals surface area (Å²) < 4.78 is 16.9. The molecule has 1 unspecified atom stereocenters. The number of nitrogens with one attached hydrogen (secondary N) is 1. The minimum Gasteiger partial charge on any atom is -0.493 e. The van der Waals surface area contributed by atoms with Gasteiger partial charge in [0.1, 0.15) is 12.4 Å². The van der Waals surface area contributed by atoms with Crippen molar-refractivity contribution in [3.63, 3.8) is 0 Å². The Balaban J connectivity index is 1.40. The van der Waals surface area contributed by atoms with E-state index in [-0.39, 0.29) is 24.3 Å². The molecule has 1 aliphatic rings. The number of furan rings is 1. The molecule has 0 radical (unpaired) electrons. The van der Waals surface area contributed by atoms with Crippen molar-refractivity contribution in [1.29, 1.82) is 0 Å². The Bertz CT molecular complexity index is 1030. The second-order valence-electron chi connectivity index (χ2n) is 8.25. The predicted octanol–water partition coefficient (Wildman–Crippen LogP) is 3.59. The normalized spacial score (nSPS) is 15.7. The van der Waals surface area contributed by atoms with Gasteiger partial charge in [-0.15, -0.1) is 0 Å². The minimum absolute atomic E-state index is 0.125. The molecule has 7 heteroatoms. The van der Waals surface area contributed by atoms with Gasteiger partial charge in [-0.2, -0.15) is 0 Å². The van der Waals surface area contributed by atoms with Gasteiger partial charge in [-0.3, -0.25) is 9.69 Å². The maximum absolute atomic E-state index is 13.0. The highest BCUT2D eigenvalue weighted by atomic mass is 16.5. The Morgan fingerprint density at radius 3 is 2.39 bits per heavy atom. The number of benzene rings is 2. The van der Waals surface area contributed by atoms with E-state index >= 15 is 0 Å². The highest BCUT2D eigenvalue weighted by Gasteiger charge is 2.23. The first-order valence-corrected chi connectivity index (χ1v) is 11.2. The highest BCUT2D eigenvalue weighted by Crippen LogP contribution is 2.27. The van der Waals surface area contributed by atoms with E-state index < -0.39 is 0 Å². The van der Waals surface area contributed by atoms with Gasteiger partial charge < -0.3 is 24.1 Å². The first kappa shape index (κ1) is 22.9. The molecule has 33 heavy (non-hydrogen) atoms. The topological polar surface area (TPSA) is 67.2 Å². The van der Waals surface area contributed by atoms with Gasteiger partial charge in [0.05, 0.1) is 13.2 Å². The number of likely N-dealkylation sites (N-methyl/N-ethyl adjacent to an activating group) is 1. The SMILES string of the molecule is COc1ccccc1OCc1ccc(C(=O)NC(CN2CCN(C)CC2)c2ccccc2)o1. The van der Waals surface area contributed by atoms with Crippen LogP contribution in [0.5, 0.6) is 11.5 Å². The minimum atomic E-state index is -0.235. The molecule has 1 aliphatic heterocycles. The van der Waals surface area contributed by atoms with Gasteiger partial charge >= 0.3 is 0 Å². The molecule has 1 saturated heterocycles. The van der Waals surface area contributed by atoms with Crippen LogP contribution < -0.4 is 14.8 Å². The third kappa shape index (κ3) is 6.15. The number of hydrogen-bond acceptors (Lipinski definition) is 6. The maximum Gasteiger partial charge on any atom is 0.287 e. The fourth-order valence-corrected chi connectivity index (χ4v) is 3.90. The second kappa shape index (κ2) is 11.0. The Morgan fingerprint density at radius 2 is 1.67 bits per heavy atom. The van der Waals surface area contributed by atoms with Crippen molar-refractivity contribution < 1.29 is 18.7 Å². The summed E-state index contributed by atoms with van der Waals surface area (Å²) in [4.78, 5) is 17.7. The van der Waals surface area contributed by atoms with Crippen LogP contribution in [0.3, 0.4) is 0 Å². The van der Waals surface area contributed by atoms with E-state index in [4.69, 9.17) is 13.9 Å². The van der Waals surface area contributed by atoms with Crippen molar-refractivity contribution >= 4 is 5.91 Å². The number of methoxy groups -OCH3 is 1. The zero-order valence-corrected chi connectivity index (χ0v) is 19.2. The molecule has 1 N–H and O–H groups in total. The van der Waals surface area contributed by atoms with Gasteiger partial charge in [-0.1, -0.05) is 42.5 Å². The van der Waals surface area contributed by atoms with Crippen LogP contribution in [0.1, 0.15) is 27.9 Å². The van der Waals surface area contributed by atoms with Crippen LogP contribution in [-0.4, -0.2) is 62.6 Å². The number of hydrogen-bond donors (Lipinski definition) is 1. The van der Waals surface area contributed by atoms with Gasteiger partial charge in [0, 0.05) is 32.7 Å². The van der Waals surface area contributed by atoms with Gasteiger partial charge in [0.25, 0.3) is 5.91 Å². The van der Waals surface area contributed by atoms with Gasteiger partial charge in [-0.05, 0) is 36.9 Å². The summed E-state index contributed by atoms with van der Waals surface area (Å²) in [5, 5.41) is 3.16. The van der Waals surface area contributed by atoms with Crippen LogP contribution >= 0.6 is 0 Å². The lowest BCUT2D eigenvalue weighted by atomic mass is 10.1. The lowest BCUT2D eigenvalue weighted by molar-refractivity contribution is 0.0876. The Morgan fingerprint density at radius 1 is 0.970 bits per heavy atom. The summed E-state index contributed by atoms with van der Waals surface area (Å²) in [6.45, 7) is 5.00. The molecule has 1 aromatic heterocycles. The maximum atomic E-state index is 13.0. The summed E-state index contributed by atoms with van der Waals surface area (Å²) >= 11 is 0. The molecule has 174 valence electrons. The van der Waals surface area contributed by atoms with Crippen molar-refractivity contribution in [3.05, 3.63) is 83.8 Å². The Labute approximate surface area is 194 Å². The monoisotopic (exact) mass is 449 g/mol. The van der Waals surface area contributed by atoms with Crippen LogP contribution in [-0.2, 0) is 6.61 Å². The molecule has 4 rings (SSSR count). The zero-order chi connectivity index (χ0) is 23.0. The summed E-state index contributed by atoms with van der Waals surface area (Å²) in [7, 11) is 3.74. The fraction of sp³-hybridized carbons (Fsp3) is 0.346. The Hall–Kier alpha value is -3.29. The second-order valence-corrected chi connectivity index (χ2v) is 8.25. The quantitative estimate of drug-likeness (QED) is 0.539. The number of carbonyl (C=O) groups is 1. The molecule has 3 aromatic rings. The molecule has 2 heterocycles. The van der Waals surface area contributed by atoms with Crippen LogP contribution in [0.2, 0.25) is 0 Å². The fourth-order valence-electron chi connectivity index (χ4n) is 3.90. The standard InChI is InChI=1S/C26H31N3O4/c1-28-14-16-29(17-15-28)18-22(20-8-4-3-5-9-20)27-26(30)25-13-12-21(33-25)19-32-24-11-7-6-10-23(24)31-2/h3-13,22H,14-19H2,1-2H3,(H,27,30). The van der Waals surface area contributed by atoms with E-state index in [1.54, 1.807) is 19.2 Å². The first-order chi connectivity index (χ1) is 16.1. The average molecular weight is 450 g/mol. The van der Waals surface area contributed by atoms with E-state index in [1.807, 2.05) is 42.5 Å². The molecule has 0 spiro atoms. The lowest BCUT2D eigenvalue weighted by Gasteiger charge is -2.34. The molecule has 1 amide bonds. The molecular weight excluding hydrogens is 418 g/mol. The molecule has 1 fully saturated rings. The van der Waals surface area contributed by atoms with Crippen molar-refractivity contribution in [2.24, 2.45) is 0 Å². The molecule has 0 aliphatic carbocycles. The number of para-hydroxylation sites is 2. The lowest BCUT2D eigenvalue weighted by Crippen LogP contribution is -2.47. The van der Waals surface area contributed by atoms with Crippen LogP contribution in [0.15, 0.2) is 71.1 Å². The van der Waals surface area contributed by atoms with E-state index in [2.05, 4.69) is 34.3 Å². The summed E-state index contributed by atoms with van der Waals surface area (Å²) in [6, 6.07) is 20.8. The third-order valence-electron chi connectivity index (χ3n) is 5.87. The molecule has 7 nitrogen and oxygen atoms in total. The Kier molecular flexibility index (Phi) is 7.65. The predicted molar refractivity (Wildman–Crippen MR) is 127 cm³/mol. The molecule has 0 saturated carbocycles. The van der Waals surface area contributed by atoms with Crippen molar-refractivity contribution in [3.8, 4) is 11.5 Å². The molecule has 1 atom stereocenters. The number of nitrogens with zero attached hydrogens (tertiary/aromatic N) is 2. The molecule has 0 bridgehead atoms. The van der Waals surface area contributed by atoms with E-state index in [9.17, 15) is 4.79 Å². The van der Waals surface area contributed by atoms with E-state index in [0.29, 0.717) is 17.3 Å². The zero-order valence-electron chi connectivity index (χ0n) is 19.2. The highest BCUT2D eigenvalue weighted by molar-refractivity contribution is 5.91. The van der Waals surface area contributed by atoms with Gasteiger partial charge in [0.15, 0.2) is 17.3 Å². The number of amides is 1. The first-order valence-electron chi connectivity index (χ1n) is 11.2. The summed E-state index contributed by atoms with van der Waals surface area (Å²) in [6.07, 6.45) is 0. The van der Waals surface area contributed by atoms with Crippen LogP contribution in [0, 0.1) is 0 Å². The smallest absolute Gasteiger partial charge is 0.287 e. The number of piperazine rings is 1. The van der Waals surface area contributed by atoms with Crippen LogP contribution in [0.25, 0.3) is 0 Å². The van der Waals surface area contributed by atoms with Crippen LogP contribution in [0.4, 0.5) is 0 Å². The molecular formula is C26H31N3O4. The third-order valence-corrected chi connectivity index (χ3v) is 5.87. The summed E-state index contributed by atoms with van der Waals surface area (Å²) in [5.41, 5.74) is 1.08. The number of rotatable bonds is 9. The van der Waals surface area contributed by atoms with Gasteiger partial charge in [0.2, 0.25) is 0 Å². The van der Waals surface area contributed by atoms with Crippen molar-refractivity contribution in [1.82, 2.24) is 15.1 Å². The van der Waals surface area contributed by atoms with E-state index in [1.165, 1.54) is 0 Å². The average Bonchev–Trinajstić information content (AvgIpc) is 3.33. The summed E-state index contributed by atoms with van der Waals surface area (Å²) in [5.74, 6) is 1.88. The largest absolute Gasteiger partial charge is 0.493 e. The number of ether oxygens (including phenoxy) is 2. The van der Waals surface area contributed by atoms with Crippen molar-refractivity contribution in [2.45, 2.75) is 12.6 Å². The molecule has 2 aromatic carbocycles.